The van der Waals surface area contributed by atoms with E-state index >= 15 is 0 Å². The summed E-state index contributed by atoms with van der Waals surface area (Å²) in [6.45, 7) is 1.66. The summed E-state index contributed by atoms with van der Waals surface area (Å²) in [7, 11) is 0. The van der Waals surface area contributed by atoms with Gasteiger partial charge < -0.3 is 5.11 Å². The Bertz CT molecular complexity index is 77.8. The maximum absolute atomic E-state index is 9.51. The number of aliphatic carboxylic acids is 1. The van der Waals surface area contributed by atoms with Crippen molar-refractivity contribution in [1.29, 1.82) is 0 Å². The molecule has 0 amide bonds. The summed E-state index contributed by atoms with van der Waals surface area (Å²) in [5.74, 6) is -0.891. The summed E-state index contributed by atoms with van der Waals surface area (Å²) in [6.07, 6.45) is 2.56. The van der Waals surface area contributed by atoms with Crippen molar-refractivity contribution in [3.8, 4) is 0 Å². The van der Waals surface area contributed by atoms with Crippen LogP contribution < -0.4 is 0 Å². The fraction of sp³-hybridized carbons (Fsp3) is 0.250. The Morgan fingerprint density at radius 1 is 1.71 bits per heavy atom. The summed E-state index contributed by atoms with van der Waals surface area (Å²) in [6, 6.07) is 0. The van der Waals surface area contributed by atoms with Crippen molar-refractivity contribution in [2.45, 2.75) is 6.92 Å². The molecular formula is C4H7LiO2. The molecule has 0 aromatic carbocycles. The van der Waals surface area contributed by atoms with E-state index in [4.69, 9.17) is 5.11 Å². The summed E-state index contributed by atoms with van der Waals surface area (Å²) in [4.78, 5) is 9.51. The van der Waals surface area contributed by atoms with Gasteiger partial charge in [-0.05, 0) is 6.92 Å². The van der Waals surface area contributed by atoms with Crippen LogP contribution in [0, 0.1) is 0 Å². The van der Waals surface area contributed by atoms with E-state index in [0.717, 1.165) is 6.08 Å². The molecule has 0 aliphatic rings. The van der Waals surface area contributed by atoms with Crippen molar-refractivity contribution in [1.82, 2.24) is 0 Å². The van der Waals surface area contributed by atoms with Crippen LogP contribution in [0.1, 0.15) is 6.92 Å². The van der Waals surface area contributed by atoms with Crippen LogP contribution in [-0.4, -0.2) is 29.9 Å². The Morgan fingerprint density at radius 2 is 2.14 bits per heavy atom. The molecule has 0 aliphatic heterocycles. The first-order chi connectivity index (χ1) is 2.77. The van der Waals surface area contributed by atoms with E-state index < -0.39 is 5.97 Å². The van der Waals surface area contributed by atoms with Crippen LogP contribution in [0.5, 0.6) is 0 Å². The number of carboxylic acids is 1. The first kappa shape index (κ1) is 9.93. The van der Waals surface area contributed by atoms with Crippen molar-refractivity contribution in [2.75, 3.05) is 0 Å². The topological polar surface area (TPSA) is 37.3 Å². The van der Waals surface area contributed by atoms with Crippen LogP contribution in [-0.2, 0) is 4.79 Å². The molecule has 0 unspecified atom stereocenters. The van der Waals surface area contributed by atoms with Crippen LogP contribution in [0.4, 0.5) is 0 Å². The number of hydrogen-bond acceptors (Lipinski definition) is 1. The van der Waals surface area contributed by atoms with Gasteiger partial charge in [-0.3, -0.25) is 0 Å². The third kappa shape index (κ3) is 10.7. The number of hydrogen-bond donors (Lipinski definition) is 1. The van der Waals surface area contributed by atoms with E-state index in [1.54, 1.807) is 6.92 Å². The third-order valence-corrected chi connectivity index (χ3v) is 0.309. The molecule has 0 saturated heterocycles. The van der Waals surface area contributed by atoms with Crippen LogP contribution in [0.25, 0.3) is 0 Å². The van der Waals surface area contributed by atoms with Gasteiger partial charge in [0.25, 0.3) is 0 Å². The molecule has 0 aromatic rings. The van der Waals surface area contributed by atoms with E-state index in [0.29, 0.717) is 0 Å². The molecule has 0 heterocycles. The molecule has 0 fully saturated rings. The van der Waals surface area contributed by atoms with E-state index in [1.165, 1.54) is 6.08 Å². The summed E-state index contributed by atoms with van der Waals surface area (Å²) < 4.78 is 0. The van der Waals surface area contributed by atoms with E-state index in [2.05, 4.69) is 0 Å². The minimum atomic E-state index is -0.891. The Kier molecular flexibility index (Phi) is 8.24. The van der Waals surface area contributed by atoms with Crippen LogP contribution >= 0.6 is 0 Å². The van der Waals surface area contributed by atoms with Gasteiger partial charge in [0.05, 0.1) is 0 Å². The average molecular weight is 94.0 g/mol. The maximum atomic E-state index is 9.51. The number of carboxylic acid groups (broad SMARTS) is 1. The second kappa shape index (κ2) is 5.81. The van der Waals surface area contributed by atoms with E-state index in [1.807, 2.05) is 0 Å². The van der Waals surface area contributed by atoms with Crippen LogP contribution in [0.3, 0.4) is 0 Å². The summed E-state index contributed by atoms with van der Waals surface area (Å²) in [5.41, 5.74) is 0. The Labute approximate surface area is 54.4 Å². The van der Waals surface area contributed by atoms with Crippen molar-refractivity contribution < 1.29 is 9.90 Å². The molecule has 0 bridgehead atoms. The molecule has 0 rings (SSSR count). The first-order valence-electron chi connectivity index (χ1n) is 1.63. The zero-order chi connectivity index (χ0) is 4.99. The van der Waals surface area contributed by atoms with E-state index in [-0.39, 0.29) is 18.9 Å². The number of allylic oxidation sites excluding steroid dienone is 1. The molecule has 0 aliphatic carbocycles. The predicted molar refractivity (Wildman–Crippen MR) is 29.6 cm³/mol. The standard InChI is InChI=1S/C4H6O2.Li.H/c1-2-3-4(5)6;;/h2-3H,1H3,(H,5,6);;. The van der Waals surface area contributed by atoms with Crippen LogP contribution in [0.15, 0.2) is 12.2 Å². The minimum absolute atomic E-state index is 0. The van der Waals surface area contributed by atoms with Gasteiger partial charge in [0.15, 0.2) is 0 Å². The Morgan fingerprint density at radius 3 is 2.14 bits per heavy atom. The number of rotatable bonds is 1. The fourth-order valence-corrected chi connectivity index (χ4v) is 0.143. The van der Waals surface area contributed by atoms with E-state index in [9.17, 15) is 4.79 Å². The molecular weight excluding hydrogens is 87.0 g/mol. The molecule has 0 aromatic heterocycles. The van der Waals surface area contributed by atoms with Gasteiger partial charge in [0.1, 0.15) is 0 Å². The monoisotopic (exact) mass is 94.1 g/mol. The normalized spacial score (nSPS) is 8.14. The van der Waals surface area contributed by atoms with Gasteiger partial charge in [-0.25, -0.2) is 4.79 Å². The fourth-order valence-electron chi connectivity index (χ4n) is 0.143. The van der Waals surface area contributed by atoms with Crippen LogP contribution in [0.2, 0.25) is 0 Å². The molecule has 3 heteroatoms. The molecule has 0 saturated carbocycles. The van der Waals surface area contributed by atoms with Crippen molar-refractivity contribution >= 4 is 24.8 Å². The van der Waals surface area contributed by atoms with Crippen molar-refractivity contribution in [3.63, 3.8) is 0 Å². The SMILES string of the molecule is CC=CC(=O)O.[LiH]. The van der Waals surface area contributed by atoms with Crippen molar-refractivity contribution in [2.24, 2.45) is 0 Å². The van der Waals surface area contributed by atoms with Gasteiger partial charge >= 0.3 is 24.8 Å². The van der Waals surface area contributed by atoms with Gasteiger partial charge in [-0.1, -0.05) is 6.08 Å². The molecule has 1 N–H and O–H groups in total. The average Bonchev–Trinajstić information content (AvgIpc) is 1.35. The third-order valence-electron chi connectivity index (χ3n) is 0.309. The molecule has 0 spiro atoms. The van der Waals surface area contributed by atoms with Gasteiger partial charge in [0.2, 0.25) is 0 Å². The Balaban J connectivity index is 0. The first-order valence-corrected chi connectivity index (χ1v) is 1.63. The molecule has 7 heavy (non-hydrogen) atoms. The number of carbonyl (C=O) groups is 1. The van der Waals surface area contributed by atoms with Crippen molar-refractivity contribution in [3.05, 3.63) is 12.2 Å². The molecule has 0 atom stereocenters. The van der Waals surface area contributed by atoms with Gasteiger partial charge in [-0.15, -0.1) is 0 Å². The zero-order valence-electron chi connectivity index (χ0n) is 3.51. The second-order valence-corrected chi connectivity index (χ2v) is 0.838. The quantitative estimate of drug-likeness (QED) is 0.366. The van der Waals surface area contributed by atoms with Gasteiger partial charge in [0, 0.05) is 6.08 Å². The Hall–Kier alpha value is -0.193. The second-order valence-electron chi connectivity index (χ2n) is 0.838. The summed E-state index contributed by atoms with van der Waals surface area (Å²) >= 11 is 0. The molecule has 36 valence electrons. The molecule has 0 radical (unpaired) electrons. The predicted octanol–water partition coefficient (Wildman–Crippen LogP) is -0.00140. The molecule has 2 nitrogen and oxygen atoms in total. The summed E-state index contributed by atoms with van der Waals surface area (Å²) in [5, 5.41) is 7.83. The zero-order valence-corrected chi connectivity index (χ0v) is 3.51. The van der Waals surface area contributed by atoms with Gasteiger partial charge in [-0.2, -0.15) is 0 Å².